The molecule has 1 amide bonds. The molecule has 2 aromatic rings. The number of rotatable bonds is 30. The van der Waals surface area contributed by atoms with Crippen LogP contribution in [0.2, 0.25) is 0 Å². The zero-order chi connectivity index (χ0) is 33.2. The third-order valence-electron chi connectivity index (χ3n) is 7.14. The van der Waals surface area contributed by atoms with Gasteiger partial charge < -0.3 is 43.2 Å². The maximum atomic E-state index is 12.6. The highest BCUT2D eigenvalue weighted by Crippen LogP contribution is 2.21. The molecule has 1 heterocycles. The van der Waals surface area contributed by atoms with E-state index in [1.54, 1.807) is 6.92 Å². The smallest absolute Gasteiger partial charge is 0.220 e. The van der Waals surface area contributed by atoms with Crippen molar-refractivity contribution >= 4 is 28.4 Å². The van der Waals surface area contributed by atoms with Gasteiger partial charge >= 0.3 is 0 Å². The number of hydrogen-bond acceptors (Lipinski definition) is 10. The highest BCUT2D eigenvalue weighted by molar-refractivity contribution is 5.85. The van der Waals surface area contributed by atoms with Crippen LogP contribution in [-0.4, -0.2) is 126 Å². The molecule has 0 atom stereocenters. The van der Waals surface area contributed by atoms with Crippen LogP contribution in [0, 0.1) is 0 Å². The average molecular weight is 650 g/mol. The highest BCUT2D eigenvalue weighted by Gasteiger charge is 2.13. The molecule has 12 heteroatoms. The number of benzene rings is 1. The first-order valence-electron chi connectivity index (χ1n) is 16.4. The minimum absolute atomic E-state index is 0.0822. The van der Waals surface area contributed by atoms with Gasteiger partial charge in [0, 0.05) is 56.5 Å². The third-order valence-corrected chi connectivity index (χ3v) is 7.14. The maximum absolute atomic E-state index is 12.6. The lowest BCUT2D eigenvalue weighted by Gasteiger charge is -2.16. The van der Waals surface area contributed by atoms with Gasteiger partial charge in [-0.2, -0.15) is 0 Å². The van der Waals surface area contributed by atoms with Gasteiger partial charge in [0.1, 0.15) is 11.6 Å². The van der Waals surface area contributed by atoms with Crippen LogP contribution in [-0.2, 0) is 55.9 Å². The summed E-state index contributed by atoms with van der Waals surface area (Å²) >= 11 is 0. The second-order valence-corrected chi connectivity index (χ2v) is 10.9. The standard InChI is InChI=1S/C34H55N3O9/c1-4-36(3)28-31-27-30-7-5-6-8-33(30)37(31)14-11-32(39)9-10-34(40)35-13-16-42-18-20-44-22-24-46-26-25-45-23-21-43-19-17-41-15-12-29(2)38/h5-8,27H,4,9-26,28H2,1-3H3,(H,35,40). The van der Waals surface area contributed by atoms with Crippen LogP contribution in [0.4, 0.5) is 0 Å². The van der Waals surface area contributed by atoms with Crippen molar-refractivity contribution in [2.45, 2.75) is 52.6 Å². The zero-order valence-electron chi connectivity index (χ0n) is 28.1. The quantitative estimate of drug-likeness (QED) is 0.126. The first-order valence-corrected chi connectivity index (χ1v) is 16.4. The van der Waals surface area contributed by atoms with Crippen molar-refractivity contribution in [1.29, 1.82) is 0 Å². The Balaban J connectivity index is 1.38. The number of Topliss-reactive ketones (excluding diaryl/α,β-unsaturated/α-hetero) is 2. The van der Waals surface area contributed by atoms with Gasteiger partial charge in [0.25, 0.3) is 0 Å². The molecule has 0 spiro atoms. The number of carbonyl (C=O) groups is 3. The van der Waals surface area contributed by atoms with Crippen molar-refractivity contribution in [3.8, 4) is 0 Å². The Kier molecular flexibility index (Phi) is 21.8. The first-order chi connectivity index (χ1) is 22.4. The number of ether oxygens (including phenoxy) is 6. The fraction of sp³-hybridized carbons (Fsp3) is 0.676. The Morgan fingerprint density at radius 3 is 1.83 bits per heavy atom. The molecule has 1 aromatic heterocycles. The summed E-state index contributed by atoms with van der Waals surface area (Å²) in [5.41, 5.74) is 2.32. The van der Waals surface area contributed by atoms with E-state index in [4.69, 9.17) is 28.4 Å². The molecule has 0 radical (unpaired) electrons. The van der Waals surface area contributed by atoms with E-state index in [1.807, 2.05) is 12.1 Å². The summed E-state index contributed by atoms with van der Waals surface area (Å²) in [4.78, 5) is 37.8. The van der Waals surface area contributed by atoms with E-state index in [0.717, 1.165) is 18.6 Å². The van der Waals surface area contributed by atoms with Crippen molar-refractivity contribution in [3.63, 3.8) is 0 Å². The van der Waals surface area contributed by atoms with E-state index in [2.05, 4.69) is 47.0 Å². The largest absolute Gasteiger partial charge is 0.379 e. The summed E-state index contributed by atoms with van der Waals surface area (Å²) in [6, 6.07) is 10.4. The molecule has 2 rings (SSSR count). The van der Waals surface area contributed by atoms with Crippen molar-refractivity contribution in [1.82, 2.24) is 14.8 Å². The van der Waals surface area contributed by atoms with Gasteiger partial charge in [0.2, 0.25) is 5.91 Å². The Morgan fingerprint density at radius 2 is 1.26 bits per heavy atom. The molecule has 0 fully saturated rings. The minimum Gasteiger partial charge on any atom is -0.379 e. The van der Waals surface area contributed by atoms with Crippen molar-refractivity contribution < 1.29 is 42.8 Å². The number of fused-ring (bicyclic) bond motifs is 1. The molecule has 1 N–H and O–H groups in total. The van der Waals surface area contributed by atoms with Crippen LogP contribution < -0.4 is 5.32 Å². The van der Waals surface area contributed by atoms with Gasteiger partial charge in [0.15, 0.2) is 0 Å². The molecule has 0 bridgehead atoms. The summed E-state index contributed by atoms with van der Waals surface area (Å²) in [5, 5.41) is 3.98. The van der Waals surface area contributed by atoms with Crippen LogP contribution in [0.5, 0.6) is 0 Å². The summed E-state index contributed by atoms with van der Waals surface area (Å²) < 4.78 is 34.7. The topological polar surface area (TPSA) is 127 Å². The Labute approximate surface area is 273 Å². The van der Waals surface area contributed by atoms with Crippen LogP contribution in [0.25, 0.3) is 10.9 Å². The number of nitrogens with one attached hydrogen (secondary N) is 1. The number of amides is 1. The first kappa shape index (κ1) is 39.5. The van der Waals surface area contributed by atoms with Crippen molar-refractivity contribution in [2.75, 3.05) is 99.4 Å². The van der Waals surface area contributed by atoms with Crippen LogP contribution in [0.3, 0.4) is 0 Å². The molecule has 1 aromatic carbocycles. The van der Waals surface area contributed by atoms with Crippen LogP contribution in [0.1, 0.15) is 45.2 Å². The molecule has 0 aliphatic rings. The van der Waals surface area contributed by atoms with Crippen molar-refractivity contribution in [3.05, 3.63) is 36.0 Å². The number of aryl methyl sites for hydroxylation is 1. The monoisotopic (exact) mass is 649 g/mol. The molecule has 260 valence electrons. The average Bonchev–Trinajstić information content (AvgIpc) is 3.39. The van der Waals surface area contributed by atoms with E-state index in [0.29, 0.717) is 105 Å². The van der Waals surface area contributed by atoms with E-state index in [9.17, 15) is 14.4 Å². The normalized spacial score (nSPS) is 11.5. The molecule has 0 unspecified atom stereocenters. The van der Waals surface area contributed by atoms with Gasteiger partial charge in [0.05, 0.1) is 79.3 Å². The lowest BCUT2D eigenvalue weighted by atomic mass is 10.1. The van der Waals surface area contributed by atoms with Crippen molar-refractivity contribution in [2.24, 2.45) is 0 Å². The SMILES string of the molecule is CCN(C)Cc1cc2ccccc2n1CCC(=O)CCC(=O)NCCOCCOCCOCCOCCOCCOCCC(C)=O. The van der Waals surface area contributed by atoms with E-state index in [-0.39, 0.29) is 30.3 Å². The molecule has 0 saturated carbocycles. The molecule has 46 heavy (non-hydrogen) atoms. The second-order valence-electron chi connectivity index (χ2n) is 10.9. The number of para-hydroxylation sites is 1. The molecule has 0 aliphatic heterocycles. The Bertz CT molecular complexity index is 1120. The predicted molar refractivity (Wildman–Crippen MR) is 176 cm³/mol. The molecular formula is C34H55N3O9. The maximum Gasteiger partial charge on any atom is 0.220 e. The Morgan fingerprint density at radius 1 is 0.717 bits per heavy atom. The lowest BCUT2D eigenvalue weighted by Crippen LogP contribution is -2.28. The zero-order valence-corrected chi connectivity index (χ0v) is 28.1. The summed E-state index contributed by atoms with van der Waals surface area (Å²) in [6.45, 7) is 11.9. The fourth-order valence-corrected chi connectivity index (χ4v) is 4.43. The van der Waals surface area contributed by atoms with E-state index >= 15 is 0 Å². The number of ketones is 2. The highest BCUT2D eigenvalue weighted by atomic mass is 16.6. The summed E-state index contributed by atoms with van der Waals surface area (Å²) in [5.74, 6) is 0.0534. The van der Waals surface area contributed by atoms with Gasteiger partial charge in [-0.1, -0.05) is 25.1 Å². The fourth-order valence-electron chi connectivity index (χ4n) is 4.43. The van der Waals surface area contributed by atoms with E-state index < -0.39 is 0 Å². The lowest BCUT2D eigenvalue weighted by molar-refractivity contribution is -0.125. The van der Waals surface area contributed by atoms with Gasteiger partial charge in [-0.25, -0.2) is 0 Å². The predicted octanol–water partition coefficient (Wildman–Crippen LogP) is 3.03. The number of hydrogen-bond donors (Lipinski definition) is 1. The van der Waals surface area contributed by atoms with Gasteiger partial charge in [-0.3, -0.25) is 14.4 Å². The Hall–Kier alpha value is -2.71. The van der Waals surface area contributed by atoms with Crippen LogP contribution >= 0.6 is 0 Å². The second kappa shape index (κ2) is 25.4. The number of aromatic nitrogens is 1. The number of carbonyl (C=O) groups excluding carboxylic acids is 3. The minimum atomic E-state index is -0.148. The third kappa shape index (κ3) is 18.4. The molecule has 12 nitrogen and oxygen atoms in total. The van der Waals surface area contributed by atoms with Gasteiger partial charge in [-0.05, 0) is 38.0 Å². The summed E-state index contributed by atoms with van der Waals surface area (Å²) in [6.07, 6.45) is 1.24. The molecule has 0 aliphatic carbocycles. The molecule has 0 saturated heterocycles. The van der Waals surface area contributed by atoms with E-state index in [1.165, 1.54) is 11.1 Å². The van der Waals surface area contributed by atoms with Crippen LogP contribution in [0.15, 0.2) is 30.3 Å². The number of nitrogens with zero attached hydrogens (tertiary/aromatic N) is 2. The summed E-state index contributed by atoms with van der Waals surface area (Å²) in [7, 11) is 2.09. The molecular weight excluding hydrogens is 594 g/mol. The van der Waals surface area contributed by atoms with Gasteiger partial charge in [-0.15, -0.1) is 0 Å².